The van der Waals surface area contributed by atoms with Crippen molar-refractivity contribution in [3.05, 3.63) is 60.2 Å². The van der Waals surface area contributed by atoms with Gasteiger partial charge in [-0.25, -0.2) is 13.2 Å². The molecule has 10 nitrogen and oxygen atoms in total. The van der Waals surface area contributed by atoms with E-state index in [1.165, 1.54) is 13.0 Å². The summed E-state index contributed by atoms with van der Waals surface area (Å²) in [4.78, 5) is 43.1. The molecule has 4 rings (SSSR count). The maximum Gasteiger partial charge on any atom is 0.331 e. The minimum atomic E-state index is -3.72. The number of benzene rings is 2. The number of carbonyl (C=O) groups is 3. The van der Waals surface area contributed by atoms with Crippen LogP contribution in [-0.2, 0) is 29.1 Å². The molecule has 1 saturated heterocycles. The third kappa shape index (κ3) is 5.68. The Balaban J connectivity index is 1.25. The predicted octanol–water partition coefficient (Wildman–Crippen LogP) is 1.53. The number of aliphatic imine (C=N–C) groups is 1. The van der Waals surface area contributed by atoms with Gasteiger partial charge in [0.05, 0.1) is 4.90 Å². The first-order valence-electron chi connectivity index (χ1n) is 11.2. The number of piperidine rings is 1. The molecule has 184 valence electrons. The minimum absolute atomic E-state index is 0.0622. The molecule has 0 unspecified atom stereocenters. The van der Waals surface area contributed by atoms with Gasteiger partial charge in [0.25, 0.3) is 15.9 Å². The zero-order valence-corrected chi connectivity index (χ0v) is 20.0. The summed E-state index contributed by atoms with van der Waals surface area (Å²) in [7, 11) is -3.72. The standard InChI is InChI=1S/C24H26N4O6S/c1-16(25-22-19-9-5-6-10-20(19)35(32,33)27-22)24(31)34-15-21(29)28-13-11-17(12-14-28)23(30)26-18-7-3-2-4-8-18/h2-10,16-17H,11-15H2,1H3,(H,25,27)(H,26,30)/t16-/m0/s1. The summed E-state index contributed by atoms with van der Waals surface area (Å²) in [6, 6.07) is 14.5. The molecule has 1 atom stereocenters. The van der Waals surface area contributed by atoms with Crippen molar-refractivity contribution in [3.8, 4) is 0 Å². The number of rotatable bonds is 6. The molecule has 0 bridgehead atoms. The molecule has 2 N–H and O–H groups in total. The van der Waals surface area contributed by atoms with Crippen LogP contribution in [0.4, 0.5) is 5.69 Å². The fourth-order valence-electron chi connectivity index (χ4n) is 3.98. The molecule has 0 aliphatic carbocycles. The van der Waals surface area contributed by atoms with E-state index in [9.17, 15) is 22.8 Å². The second-order valence-corrected chi connectivity index (χ2v) is 10.0. The summed E-state index contributed by atoms with van der Waals surface area (Å²) in [5, 5.41) is 2.88. The molecule has 35 heavy (non-hydrogen) atoms. The summed E-state index contributed by atoms with van der Waals surface area (Å²) in [5.74, 6) is -1.31. The highest BCUT2D eigenvalue weighted by molar-refractivity contribution is 7.90. The first-order valence-corrected chi connectivity index (χ1v) is 12.7. The van der Waals surface area contributed by atoms with Gasteiger partial charge in [0.15, 0.2) is 6.61 Å². The fraction of sp³-hybridized carbons (Fsp3) is 0.333. The maximum absolute atomic E-state index is 12.5. The lowest BCUT2D eigenvalue weighted by Gasteiger charge is -2.31. The van der Waals surface area contributed by atoms with Crippen molar-refractivity contribution >= 4 is 39.3 Å². The van der Waals surface area contributed by atoms with Crippen LogP contribution < -0.4 is 10.0 Å². The van der Waals surface area contributed by atoms with Crippen molar-refractivity contribution in [2.75, 3.05) is 25.0 Å². The van der Waals surface area contributed by atoms with Gasteiger partial charge in [-0.3, -0.25) is 19.3 Å². The monoisotopic (exact) mass is 498 g/mol. The Morgan fingerprint density at radius 3 is 2.46 bits per heavy atom. The van der Waals surface area contributed by atoms with Crippen molar-refractivity contribution in [1.82, 2.24) is 9.62 Å². The fourth-order valence-corrected chi connectivity index (χ4v) is 5.22. The number of amides is 2. The van der Waals surface area contributed by atoms with E-state index < -0.39 is 28.6 Å². The zero-order chi connectivity index (χ0) is 25.0. The van der Waals surface area contributed by atoms with Crippen molar-refractivity contribution < 1.29 is 27.5 Å². The van der Waals surface area contributed by atoms with Crippen LogP contribution in [-0.4, -0.2) is 62.7 Å². The molecule has 2 heterocycles. The molecule has 2 amide bonds. The Morgan fingerprint density at radius 2 is 1.74 bits per heavy atom. The Bertz CT molecular complexity index is 1250. The SMILES string of the molecule is C[C@H](N=C1NS(=O)(=O)c2ccccc21)C(=O)OCC(=O)N1CCC(C(=O)Nc2ccccc2)CC1. The summed E-state index contributed by atoms with van der Waals surface area (Å²) in [6.45, 7) is 1.79. The van der Waals surface area contributed by atoms with Crippen molar-refractivity contribution in [1.29, 1.82) is 0 Å². The zero-order valence-electron chi connectivity index (χ0n) is 19.1. The highest BCUT2D eigenvalue weighted by Crippen LogP contribution is 2.23. The Kier molecular flexibility index (Phi) is 7.15. The number of sulfonamides is 1. The summed E-state index contributed by atoms with van der Waals surface area (Å²) < 4.78 is 31.8. The molecule has 0 radical (unpaired) electrons. The van der Waals surface area contributed by atoms with Crippen LogP contribution in [0.3, 0.4) is 0 Å². The first-order chi connectivity index (χ1) is 16.7. The number of hydrogen-bond acceptors (Lipinski definition) is 7. The Hall–Kier alpha value is -3.73. The molecule has 2 aliphatic rings. The van der Waals surface area contributed by atoms with E-state index in [0.717, 1.165) is 5.69 Å². The van der Waals surface area contributed by atoms with E-state index in [0.29, 0.717) is 31.5 Å². The highest BCUT2D eigenvalue weighted by atomic mass is 32.2. The van der Waals surface area contributed by atoms with Crippen LogP contribution in [0.1, 0.15) is 25.3 Å². The number of fused-ring (bicyclic) bond motifs is 1. The number of anilines is 1. The molecular formula is C24H26N4O6S. The number of amidine groups is 1. The average molecular weight is 499 g/mol. The Morgan fingerprint density at radius 1 is 1.09 bits per heavy atom. The van der Waals surface area contributed by atoms with Crippen LogP contribution in [0.15, 0.2) is 64.5 Å². The lowest BCUT2D eigenvalue weighted by molar-refractivity contribution is -0.153. The van der Waals surface area contributed by atoms with Gasteiger partial charge >= 0.3 is 5.97 Å². The molecule has 2 aromatic carbocycles. The number of carbonyl (C=O) groups excluding carboxylic acids is 3. The third-order valence-corrected chi connectivity index (χ3v) is 7.32. The van der Waals surface area contributed by atoms with Gasteiger partial charge in [0.2, 0.25) is 5.91 Å². The quantitative estimate of drug-likeness (QED) is 0.580. The average Bonchev–Trinajstić information content (AvgIpc) is 3.12. The largest absolute Gasteiger partial charge is 0.454 e. The van der Waals surface area contributed by atoms with Gasteiger partial charge in [-0.2, -0.15) is 0 Å². The van der Waals surface area contributed by atoms with E-state index in [4.69, 9.17) is 4.74 Å². The number of esters is 1. The van der Waals surface area contributed by atoms with Gasteiger partial charge in [-0.05, 0) is 44.0 Å². The summed E-state index contributed by atoms with van der Waals surface area (Å²) in [5.41, 5.74) is 1.11. The van der Waals surface area contributed by atoms with Crippen LogP contribution >= 0.6 is 0 Å². The molecule has 0 spiro atoms. The van der Waals surface area contributed by atoms with Gasteiger partial charge in [0, 0.05) is 30.3 Å². The van der Waals surface area contributed by atoms with Gasteiger partial charge < -0.3 is 15.0 Å². The predicted molar refractivity (Wildman–Crippen MR) is 128 cm³/mol. The summed E-state index contributed by atoms with van der Waals surface area (Å²) in [6.07, 6.45) is 1.03. The van der Waals surface area contributed by atoms with Crippen LogP contribution in [0.2, 0.25) is 0 Å². The topological polar surface area (TPSA) is 134 Å². The molecule has 11 heteroatoms. The highest BCUT2D eigenvalue weighted by Gasteiger charge is 2.32. The van der Waals surface area contributed by atoms with E-state index in [2.05, 4.69) is 15.0 Å². The number of nitrogens with zero attached hydrogens (tertiary/aromatic N) is 2. The molecule has 0 aromatic heterocycles. The minimum Gasteiger partial charge on any atom is -0.454 e. The molecule has 2 aliphatic heterocycles. The summed E-state index contributed by atoms with van der Waals surface area (Å²) >= 11 is 0. The van der Waals surface area contributed by atoms with Crippen LogP contribution in [0.25, 0.3) is 0 Å². The Labute approximate surface area is 203 Å². The number of nitrogens with one attached hydrogen (secondary N) is 2. The van der Waals surface area contributed by atoms with Crippen molar-refractivity contribution in [2.45, 2.75) is 30.7 Å². The second kappa shape index (κ2) is 10.3. The van der Waals surface area contributed by atoms with Gasteiger partial charge in [0.1, 0.15) is 11.9 Å². The molecule has 1 fully saturated rings. The molecular weight excluding hydrogens is 472 g/mol. The van der Waals surface area contributed by atoms with Gasteiger partial charge in [-0.15, -0.1) is 0 Å². The number of hydrogen-bond donors (Lipinski definition) is 2. The number of para-hydroxylation sites is 1. The van der Waals surface area contributed by atoms with Gasteiger partial charge in [-0.1, -0.05) is 30.3 Å². The third-order valence-electron chi connectivity index (χ3n) is 5.92. The number of ether oxygens (including phenoxy) is 1. The van der Waals surface area contributed by atoms with E-state index in [1.807, 2.05) is 30.3 Å². The smallest absolute Gasteiger partial charge is 0.331 e. The lowest BCUT2D eigenvalue weighted by Crippen LogP contribution is -2.43. The van der Waals surface area contributed by atoms with Crippen LogP contribution in [0, 0.1) is 5.92 Å². The van der Waals surface area contributed by atoms with Crippen LogP contribution in [0.5, 0.6) is 0 Å². The first kappa shape index (κ1) is 24.4. The normalized spacial score (nSPS) is 18.9. The second-order valence-electron chi connectivity index (χ2n) is 8.37. The lowest BCUT2D eigenvalue weighted by atomic mass is 9.95. The van der Waals surface area contributed by atoms with E-state index in [1.54, 1.807) is 23.1 Å². The van der Waals surface area contributed by atoms with Crippen molar-refractivity contribution in [3.63, 3.8) is 0 Å². The van der Waals surface area contributed by atoms with E-state index >= 15 is 0 Å². The maximum atomic E-state index is 12.5. The van der Waals surface area contributed by atoms with Crippen molar-refractivity contribution in [2.24, 2.45) is 10.9 Å². The van der Waals surface area contributed by atoms with E-state index in [-0.39, 0.29) is 28.5 Å². The molecule has 2 aromatic rings. The number of likely N-dealkylation sites (tertiary alicyclic amines) is 1. The molecule has 0 saturated carbocycles.